The summed E-state index contributed by atoms with van der Waals surface area (Å²) in [7, 11) is 0. The molecule has 132 valence electrons. The van der Waals surface area contributed by atoms with E-state index in [0.717, 1.165) is 17.5 Å². The van der Waals surface area contributed by atoms with Crippen LogP contribution < -0.4 is 4.74 Å². The third kappa shape index (κ3) is 4.37. The Morgan fingerprint density at radius 3 is 2.68 bits per heavy atom. The van der Waals surface area contributed by atoms with Crippen LogP contribution in [0.1, 0.15) is 16.7 Å². The number of β-amino-alcohol motifs (C(OH)–C–C–N with tert-alkyl or cyclic N) is 1. The Labute approximate surface area is 148 Å². The summed E-state index contributed by atoms with van der Waals surface area (Å²) in [5.74, 6) is 0.659. The van der Waals surface area contributed by atoms with Crippen molar-refractivity contribution in [2.45, 2.75) is 26.4 Å². The fraction of sp³-hybridized carbons (Fsp3) is 0.400. The summed E-state index contributed by atoms with van der Waals surface area (Å²) in [6.07, 6.45) is 3.73. The zero-order valence-electron chi connectivity index (χ0n) is 14.7. The van der Waals surface area contributed by atoms with Gasteiger partial charge in [-0.2, -0.15) is 0 Å². The molecule has 1 amide bonds. The lowest BCUT2D eigenvalue weighted by Gasteiger charge is -2.17. The van der Waals surface area contributed by atoms with Crippen LogP contribution in [-0.4, -0.2) is 46.7 Å². The zero-order chi connectivity index (χ0) is 17.8. The van der Waals surface area contributed by atoms with Gasteiger partial charge >= 0.3 is 0 Å². The van der Waals surface area contributed by atoms with Crippen molar-refractivity contribution in [1.29, 1.82) is 0 Å². The van der Waals surface area contributed by atoms with Gasteiger partial charge in [-0.3, -0.25) is 9.78 Å². The van der Waals surface area contributed by atoms with Crippen molar-refractivity contribution in [2.75, 3.05) is 19.7 Å². The van der Waals surface area contributed by atoms with Gasteiger partial charge in [-0.15, -0.1) is 0 Å². The summed E-state index contributed by atoms with van der Waals surface area (Å²) in [6, 6.07) is 9.69. The molecule has 0 radical (unpaired) electrons. The molecule has 25 heavy (non-hydrogen) atoms. The molecule has 5 heteroatoms. The number of rotatable bonds is 5. The molecule has 1 aliphatic heterocycles. The van der Waals surface area contributed by atoms with Crippen molar-refractivity contribution in [1.82, 2.24) is 9.88 Å². The maximum absolute atomic E-state index is 12.4. The first-order valence-electron chi connectivity index (χ1n) is 8.57. The summed E-state index contributed by atoms with van der Waals surface area (Å²) in [5.41, 5.74) is 3.46. The molecule has 5 nitrogen and oxygen atoms in total. The van der Waals surface area contributed by atoms with Crippen molar-refractivity contribution < 1.29 is 14.6 Å². The van der Waals surface area contributed by atoms with Crippen molar-refractivity contribution in [2.24, 2.45) is 5.92 Å². The van der Waals surface area contributed by atoms with E-state index in [1.54, 1.807) is 17.3 Å². The van der Waals surface area contributed by atoms with Gasteiger partial charge in [0.15, 0.2) is 6.61 Å². The fourth-order valence-corrected chi connectivity index (χ4v) is 3.12. The number of aliphatic hydroxyl groups excluding tert-OH is 1. The summed E-state index contributed by atoms with van der Waals surface area (Å²) in [6.45, 7) is 4.98. The van der Waals surface area contributed by atoms with Gasteiger partial charge in [-0.1, -0.05) is 6.07 Å². The number of aryl methyl sites for hydroxylation is 2. The van der Waals surface area contributed by atoms with Crippen LogP contribution in [0.4, 0.5) is 0 Å². The predicted octanol–water partition coefficient (Wildman–Crippen LogP) is 2.14. The van der Waals surface area contributed by atoms with E-state index < -0.39 is 6.10 Å². The van der Waals surface area contributed by atoms with Gasteiger partial charge < -0.3 is 14.7 Å². The van der Waals surface area contributed by atoms with Crippen LogP contribution in [-0.2, 0) is 11.2 Å². The molecule has 0 aliphatic carbocycles. The van der Waals surface area contributed by atoms with Crippen LogP contribution in [0, 0.1) is 19.8 Å². The van der Waals surface area contributed by atoms with Gasteiger partial charge in [0.05, 0.1) is 6.10 Å². The number of carbonyl (C=O) groups excluding carboxylic acids is 1. The number of pyridine rings is 1. The first-order valence-corrected chi connectivity index (χ1v) is 8.57. The molecule has 1 saturated heterocycles. The lowest BCUT2D eigenvalue weighted by Crippen LogP contribution is -2.33. The first kappa shape index (κ1) is 17.4. The first-order chi connectivity index (χ1) is 12.0. The summed E-state index contributed by atoms with van der Waals surface area (Å²) in [4.78, 5) is 18.1. The number of aliphatic hydroxyl groups is 1. The average Bonchev–Trinajstić information content (AvgIpc) is 2.97. The molecule has 1 fully saturated rings. The number of hydrogen-bond donors (Lipinski definition) is 1. The van der Waals surface area contributed by atoms with Crippen LogP contribution in [0.2, 0.25) is 0 Å². The highest BCUT2D eigenvalue weighted by atomic mass is 16.5. The van der Waals surface area contributed by atoms with Gasteiger partial charge in [0, 0.05) is 31.4 Å². The second-order valence-corrected chi connectivity index (χ2v) is 6.72. The van der Waals surface area contributed by atoms with Crippen LogP contribution in [0.5, 0.6) is 5.75 Å². The largest absolute Gasteiger partial charge is 0.484 e. The van der Waals surface area contributed by atoms with E-state index in [0.29, 0.717) is 18.8 Å². The summed E-state index contributed by atoms with van der Waals surface area (Å²) < 4.78 is 5.62. The Morgan fingerprint density at radius 2 is 1.96 bits per heavy atom. The number of nitrogens with zero attached hydrogens (tertiary/aromatic N) is 2. The fourth-order valence-electron chi connectivity index (χ4n) is 3.12. The number of amides is 1. The Balaban J connectivity index is 1.53. The summed E-state index contributed by atoms with van der Waals surface area (Å²) in [5, 5.41) is 10.3. The molecule has 1 aromatic carbocycles. The van der Waals surface area contributed by atoms with Crippen molar-refractivity contribution in [3.05, 3.63) is 59.4 Å². The minimum atomic E-state index is -0.501. The van der Waals surface area contributed by atoms with Gasteiger partial charge in [0.2, 0.25) is 0 Å². The molecule has 0 saturated carbocycles. The molecule has 2 aromatic rings. The van der Waals surface area contributed by atoms with E-state index in [1.807, 2.05) is 44.2 Å². The smallest absolute Gasteiger partial charge is 0.260 e. The van der Waals surface area contributed by atoms with E-state index in [1.165, 1.54) is 5.56 Å². The number of aromatic nitrogens is 1. The van der Waals surface area contributed by atoms with Crippen molar-refractivity contribution >= 4 is 5.91 Å². The molecule has 3 rings (SSSR count). The number of ether oxygens (including phenoxy) is 1. The van der Waals surface area contributed by atoms with Crippen LogP contribution in [0.3, 0.4) is 0 Å². The highest BCUT2D eigenvalue weighted by Gasteiger charge is 2.34. The number of likely N-dealkylation sites (tertiary alicyclic amines) is 1. The standard InChI is InChI=1S/C20H24N2O3/c1-14-3-4-18(9-15(14)2)25-13-20(24)22-11-17(19(23)12-22)10-16-5-7-21-8-6-16/h3-9,17,19,23H,10-13H2,1-2H3/t17-,19-/m1/s1. The third-order valence-electron chi connectivity index (χ3n) is 4.85. The van der Waals surface area contributed by atoms with Gasteiger partial charge in [0.1, 0.15) is 5.75 Å². The van der Waals surface area contributed by atoms with E-state index in [9.17, 15) is 9.90 Å². The third-order valence-corrected chi connectivity index (χ3v) is 4.85. The predicted molar refractivity (Wildman–Crippen MR) is 95.4 cm³/mol. The average molecular weight is 340 g/mol. The molecule has 1 aliphatic rings. The maximum Gasteiger partial charge on any atom is 0.260 e. The molecular weight excluding hydrogens is 316 g/mol. The zero-order valence-corrected chi connectivity index (χ0v) is 14.7. The lowest BCUT2D eigenvalue weighted by molar-refractivity contribution is -0.132. The van der Waals surface area contributed by atoms with E-state index in [2.05, 4.69) is 4.98 Å². The van der Waals surface area contributed by atoms with Crippen molar-refractivity contribution in [3.8, 4) is 5.75 Å². The van der Waals surface area contributed by atoms with E-state index in [-0.39, 0.29) is 18.4 Å². The molecule has 2 heterocycles. The second-order valence-electron chi connectivity index (χ2n) is 6.72. The van der Waals surface area contributed by atoms with Crippen molar-refractivity contribution in [3.63, 3.8) is 0 Å². The van der Waals surface area contributed by atoms with E-state index >= 15 is 0 Å². The Kier molecular flexibility index (Phi) is 5.34. The Morgan fingerprint density at radius 1 is 1.20 bits per heavy atom. The van der Waals surface area contributed by atoms with Gasteiger partial charge in [-0.05, 0) is 61.2 Å². The normalized spacial score (nSPS) is 19.9. The maximum atomic E-state index is 12.4. The molecule has 1 aromatic heterocycles. The SMILES string of the molecule is Cc1ccc(OCC(=O)N2C[C@@H](Cc3ccncc3)[C@H](O)C2)cc1C. The number of carbonyl (C=O) groups is 1. The monoisotopic (exact) mass is 340 g/mol. The van der Waals surface area contributed by atoms with Crippen LogP contribution >= 0.6 is 0 Å². The second kappa shape index (κ2) is 7.66. The Bertz CT molecular complexity index is 733. The highest BCUT2D eigenvalue weighted by molar-refractivity contribution is 5.78. The molecule has 2 atom stereocenters. The van der Waals surface area contributed by atoms with Gasteiger partial charge in [-0.25, -0.2) is 0 Å². The topological polar surface area (TPSA) is 62.7 Å². The number of hydrogen-bond acceptors (Lipinski definition) is 4. The van der Waals surface area contributed by atoms with Gasteiger partial charge in [0.25, 0.3) is 5.91 Å². The molecule has 0 unspecified atom stereocenters. The van der Waals surface area contributed by atoms with Crippen LogP contribution in [0.15, 0.2) is 42.7 Å². The minimum absolute atomic E-state index is 0.00278. The molecule has 0 bridgehead atoms. The van der Waals surface area contributed by atoms with Crippen LogP contribution in [0.25, 0.3) is 0 Å². The lowest BCUT2D eigenvalue weighted by atomic mass is 9.97. The molecular formula is C20H24N2O3. The summed E-state index contributed by atoms with van der Waals surface area (Å²) >= 11 is 0. The molecule has 0 spiro atoms. The highest BCUT2D eigenvalue weighted by Crippen LogP contribution is 2.22. The van der Waals surface area contributed by atoms with E-state index in [4.69, 9.17) is 4.74 Å². The molecule has 1 N–H and O–H groups in total. The number of benzene rings is 1. The minimum Gasteiger partial charge on any atom is -0.484 e. The Hall–Kier alpha value is -2.40. The quantitative estimate of drug-likeness (QED) is 0.906.